The van der Waals surface area contributed by atoms with Gasteiger partial charge in [0.1, 0.15) is 5.75 Å². The predicted octanol–water partition coefficient (Wildman–Crippen LogP) is 3.55. The number of para-hydroxylation sites is 1. The summed E-state index contributed by atoms with van der Waals surface area (Å²) in [5, 5.41) is 3.04. The summed E-state index contributed by atoms with van der Waals surface area (Å²) in [6, 6.07) is 7.95. The maximum absolute atomic E-state index is 12.3. The van der Waals surface area contributed by atoms with Gasteiger partial charge in [0, 0.05) is 12.1 Å². The van der Waals surface area contributed by atoms with Gasteiger partial charge in [-0.3, -0.25) is 4.79 Å². The highest BCUT2D eigenvalue weighted by molar-refractivity contribution is 5.95. The third-order valence-electron chi connectivity index (χ3n) is 4.55. The van der Waals surface area contributed by atoms with E-state index in [2.05, 4.69) is 11.4 Å². The summed E-state index contributed by atoms with van der Waals surface area (Å²) in [6.45, 7) is 0.640. The van der Waals surface area contributed by atoms with E-state index in [1.165, 1.54) is 30.4 Å². The molecule has 2 aliphatic rings. The highest BCUT2D eigenvalue weighted by Crippen LogP contribution is 2.35. The number of amides is 1. The van der Waals surface area contributed by atoms with Crippen molar-refractivity contribution in [3.05, 3.63) is 52.6 Å². The molecule has 3 rings (SSSR count). The molecule has 0 atom stereocenters. The topological polar surface area (TPSA) is 38.3 Å². The van der Waals surface area contributed by atoms with E-state index in [1.54, 1.807) is 7.11 Å². The molecule has 1 aromatic rings. The van der Waals surface area contributed by atoms with Crippen LogP contribution in [0, 0.1) is 0 Å². The van der Waals surface area contributed by atoms with E-state index in [0.29, 0.717) is 6.54 Å². The van der Waals surface area contributed by atoms with Gasteiger partial charge in [0.05, 0.1) is 7.11 Å². The summed E-state index contributed by atoms with van der Waals surface area (Å²) in [6.07, 6.45) is 8.61. The van der Waals surface area contributed by atoms with Crippen molar-refractivity contribution in [2.75, 3.05) is 13.7 Å². The average Bonchev–Trinajstić information content (AvgIpc) is 2.99. The minimum atomic E-state index is 0.0873. The number of rotatable bonds is 5. The second-order valence-electron chi connectivity index (χ2n) is 6.00. The Kier molecular flexibility index (Phi) is 4.62. The van der Waals surface area contributed by atoms with Gasteiger partial charge in [0.15, 0.2) is 0 Å². The Balaban J connectivity index is 1.51. The number of allylic oxidation sites excluding steroid dienone is 3. The number of carbonyl (C=O) groups is 1. The van der Waals surface area contributed by atoms with Crippen LogP contribution in [0.5, 0.6) is 5.75 Å². The van der Waals surface area contributed by atoms with Gasteiger partial charge < -0.3 is 10.1 Å². The SMILES string of the molecule is COc1ccccc1CCNC(=O)C1=CC2=C(CCCC2)C1. The highest BCUT2D eigenvalue weighted by atomic mass is 16.5. The van der Waals surface area contributed by atoms with E-state index in [0.717, 1.165) is 36.1 Å². The van der Waals surface area contributed by atoms with E-state index in [9.17, 15) is 4.79 Å². The molecule has 0 spiro atoms. The molecule has 0 radical (unpaired) electrons. The van der Waals surface area contributed by atoms with Crippen LogP contribution in [0.4, 0.5) is 0 Å². The van der Waals surface area contributed by atoms with Gasteiger partial charge in [0.2, 0.25) is 5.91 Å². The normalized spacial score (nSPS) is 17.0. The lowest BCUT2D eigenvalue weighted by atomic mass is 9.94. The molecule has 2 aliphatic carbocycles. The number of hydrogen-bond acceptors (Lipinski definition) is 2. The van der Waals surface area contributed by atoms with Gasteiger partial charge in [-0.05, 0) is 55.7 Å². The van der Waals surface area contributed by atoms with Crippen LogP contribution in [0.2, 0.25) is 0 Å². The van der Waals surface area contributed by atoms with Crippen molar-refractivity contribution in [1.29, 1.82) is 0 Å². The molecule has 0 heterocycles. The number of hydrogen-bond donors (Lipinski definition) is 1. The number of nitrogens with one attached hydrogen (secondary N) is 1. The molecular formula is C19H23NO2. The van der Waals surface area contributed by atoms with E-state index < -0.39 is 0 Å². The zero-order chi connectivity index (χ0) is 15.4. The van der Waals surface area contributed by atoms with Crippen LogP contribution < -0.4 is 10.1 Å². The van der Waals surface area contributed by atoms with Crippen molar-refractivity contribution < 1.29 is 9.53 Å². The molecule has 0 saturated heterocycles. The molecule has 0 aromatic heterocycles. The van der Waals surface area contributed by atoms with Crippen molar-refractivity contribution in [3.8, 4) is 5.75 Å². The van der Waals surface area contributed by atoms with Crippen molar-refractivity contribution in [2.45, 2.75) is 38.5 Å². The number of ether oxygens (including phenoxy) is 1. The third kappa shape index (κ3) is 3.24. The average molecular weight is 297 g/mol. The molecule has 3 heteroatoms. The Morgan fingerprint density at radius 2 is 2.05 bits per heavy atom. The van der Waals surface area contributed by atoms with Crippen LogP contribution in [0.3, 0.4) is 0 Å². The molecule has 22 heavy (non-hydrogen) atoms. The minimum absolute atomic E-state index is 0.0873. The van der Waals surface area contributed by atoms with Crippen LogP contribution >= 0.6 is 0 Å². The second-order valence-corrected chi connectivity index (χ2v) is 6.00. The molecule has 0 bridgehead atoms. The number of carbonyl (C=O) groups excluding carboxylic acids is 1. The zero-order valence-corrected chi connectivity index (χ0v) is 13.2. The van der Waals surface area contributed by atoms with E-state index in [-0.39, 0.29) is 5.91 Å². The van der Waals surface area contributed by atoms with Gasteiger partial charge in [-0.25, -0.2) is 0 Å². The lowest BCUT2D eigenvalue weighted by Gasteiger charge is -2.12. The molecule has 1 N–H and O–H groups in total. The standard InChI is InChI=1S/C19H23NO2/c1-22-18-9-5-4-6-14(18)10-11-20-19(21)17-12-15-7-2-3-8-16(15)13-17/h4-6,9,12H,2-3,7-8,10-11,13H2,1H3,(H,20,21). The van der Waals surface area contributed by atoms with E-state index in [4.69, 9.17) is 4.74 Å². The molecule has 116 valence electrons. The van der Waals surface area contributed by atoms with Crippen LogP contribution in [0.1, 0.15) is 37.7 Å². The van der Waals surface area contributed by atoms with Crippen molar-refractivity contribution in [3.63, 3.8) is 0 Å². The number of methoxy groups -OCH3 is 1. The first-order chi connectivity index (χ1) is 10.8. The van der Waals surface area contributed by atoms with Gasteiger partial charge in [-0.2, -0.15) is 0 Å². The highest BCUT2D eigenvalue weighted by Gasteiger charge is 2.22. The maximum atomic E-state index is 12.3. The first-order valence-corrected chi connectivity index (χ1v) is 8.09. The van der Waals surface area contributed by atoms with Crippen LogP contribution in [0.25, 0.3) is 0 Å². The molecule has 1 amide bonds. The molecule has 3 nitrogen and oxygen atoms in total. The monoisotopic (exact) mass is 297 g/mol. The van der Waals surface area contributed by atoms with Crippen molar-refractivity contribution in [2.24, 2.45) is 0 Å². The van der Waals surface area contributed by atoms with E-state index >= 15 is 0 Å². The number of benzene rings is 1. The van der Waals surface area contributed by atoms with Gasteiger partial charge >= 0.3 is 0 Å². The van der Waals surface area contributed by atoms with E-state index in [1.807, 2.05) is 24.3 Å². The zero-order valence-electron chi connectivity index (χ0n) is 13.2. The molecule has 0 fully saturated rings. The third-order valence-corrected chi connectivity index (χ3v) is 4.55. The Morgan fingerprint density at radius 3 is 2.86 bits per heavy atom. The van der Waals surface area contributed by atoms with Crippen molar-refractivity contribution in [1.82, 2.24) is 5.32 Å². The fourth-order valence-corrected chi connectivity index (χ4v) is 3.34. The predicted molar refractivity (Wildman–Crippen MR) is 87.9 cm³/mol. The fraction of sp³-hybridized carbons (Fsp3) is 0.421. The quantitative estimate of drug-likeness (QED) is 0.902. The summed E-state index contributed by atoms with van der Waals surface area (Å²) in [4.78, 5) is 12.3. The first-order valence-electron chi connectivity index (χ1n) is 8.09. The molecule has 0 unspecified atom stereocenters. The molecule has 0 saturated carbocycles. The Morgan fingerprint density at radius 1 is 1.23 bits per heavy atom. The molecule has 0 aliphatic heterocycles. The Bertz CT molecular complexity index is 628. The summed E-state index contributed by atoms with van der Waals surface area (Å²) in [7, 11) is 1.68. The summed E-state index contributed by atoms with van der Waals surface area (Å²) in [5.74, 6) is 0.971. The second kappa shape index (κ2) is 6.82. The maximum Gasteiger partial charge on any atom is 0.247 e. The molecule has 1 aromatic carbocycles. The summed E-state index contributed by atoms with van der Waals surface area (Å²) in [5.41, 5.74) is 4.97. The smallest absolute Gasteiger partial charge is 0.247 e. The largest absolute Gasteiger partial charge is 0.496 e. The fourth-order valence-electron chi connectivity index (χ4n) is 3.34. The van der Waals surface area contributed by atoms with Gasteiger partial charge in [-0.15, -0.1) is 0 Å². The summed E-state index contributed by atoms with van der Waals surface area (Å²) < 4.78 is 5.34. The van der Waals surface area contributed by atoms with Gasteiger partial charge in [-0.1, -0.05) is 29.8 Å². The van der Waals surface area contributed by atoms with Crippen LogP contribution in [0.15, 0.2) is 47.1 Å². The van der Waals surface area contributed by atoms with Gasteiger partial charge in [0.25, 0.3) is 0 Å². The molecular weight excluding hydrogens is 274 g/mol. The Hall–Kier alpha value is -2.03. The van der Waals surface area contributed by atoms with Crippen LogP contribution in [-0.4, -0.2) is 19.6 Å². The lowest BCUT2D eigenvalue weighted by molar-refractivity contribution is -0.117. The Labute approximate surface area is 132 Å². The van der Waals surface area contributed by atoms with Crippen molar-refractivity contribution >= 4 is 5.91 Å². The van der Waals surface area contributed by atoms with Crippen LogP contribution in [-0.2, 0) is 11.2 Å². The summed E-state index contributed by atoms with van der Waals surface area (Å²) >= 11 is 0. The first kappa shape index (κ1) is 14.9. The lowest BCUT2D eigenvalue weighted by Crippen LogP contribution is -2.27. The minimum Gasteiger partial charge on any atom is -0.496 e.